The van der Waals surface area contributed by atoms with E-state index in [2.05, 4.69) is 24.5 Å². The van der Waals surface area contributed by atoms with E-state index in [1.54, 1.807) is 25.7 Å². The third kappa shape index (κ3) is 6.94. The second kappa shape index (κ2) is 10.7. The summed E-state index contributed by atoms with van der Waals surface area (Å²) in [6, 6.07) is -1.80. The molecule has 3 amide bonds. The molecule has 182 valence electrons. The molecule has 1 saturated carbocycles. The lowest BCUT2D eigenvalue weighted by atomic mass is 9.70. The fourth-order valence-electron chi connectivity index (χ4n) is 4.83. The minimum Gasteiger partial charge on any atom is -0.459 e. The Balaban J connectivity index is 2.14. The van der Waals surface area contributed by atoms with E-state index >= 15 is 0 Å². The Bertz CT molecular complexity index is 694. The summed E-state index contributed by atoms with van der Waals surface area (Å²) in [6.07, 6.45) is 6.24. The number of carbonyl (C=O) groups excluding carboxylic acids is 4. The first-order valence-electron chi connectivity index (χ1n) is 11.9. The molecule has 0 aromatic rings. The first-order valence-corrected chi connectivity index (χ1v) is 11.9. The van der Waals surface area contributed by atoms with Crippen molar-refractivity contribution >= 4 is 24.2 Å². The molecule has 0 aromatic carbocycles. The Morgan fingerprint density at radius 3 is 2.31 bits per heavy atom. The Kier molecular flexibility index (Phi) is 8.71. The van der Waals surface area contributed by atoms with Gasteiger partial charge in [0.2, 0.25) is 5.91 Å². The highest BCUT2D eigenvalue weighted by Crippen LogP contribution is 2.40. The van der Waals surface area contributed by atoms with E-state index in [-0.39, 0.29) is 18.4 Å². The predicted molar refractivity (Wildman–Crippen MR) is 122 cm³/mol. The van der Waals surface area contributed by atoms with Crippen LogP contribution >= 0.6 is 0 Å². The maximum Gasteiger partial charge on any atom is 0.325 e. The topological polar surface area (TPSA) is 105 Å². The molecule has 0 aromatic heterocycles. The van der Waals surface area contributed by atoms with Crippen LogP contribution in [-0.4, -0.2) is 59.9 Å². The van der Waals surface area contributed by atoms with E-state index < -0.39 is 35.1 Å². The van der Waals surface area contributed by atoms with Gasteiger partial charge < -0.3 is 25.1 Å². The SMILES string of the molecule is CC(C)[C@@H]1CC(C=O)N(C(=O)C(NC(=O)NCC(=O)OC(C)(C)C)C2(C)CCCCC2)C1. The quantitative estimate of drug-likeness (QED) is 0.457. The molecular weight excluding hydrogens is 410 g/mol. The Morgan fingerprint density at radius 1 is 1.16 bits per heavy atom. The van der Waals surface area contributed by atoms with Crippen LogP contribution in [0.3, 0.4) is 0 Å². The molecule has 32 heavy (non-hydrogen) atoms. The first-order chi connectivity index (χ1) is 14.9. The second-order valence-electron chi connectivity index (χ2n) is 11.0. The summed E-state index contributed by atoms with van der Waals surface area (Å²) in [5, 5.41) is 5.37. The van der Waals surface area contributed by atoms with Crippen molar-refractivity contribution < 1.29 is 23.9 Å². The lowest BCUT2D eigenvalue weighted by Crippen LogP contribution is -2.59. The number of ether oxygens (including phenoxy) is 1. The lowest BCUT2D eigenvalue weighted by Gasteiger charge is -2.42. The summed E-state index contributed by atoms with van der Waals surface area (Å²) in [5.74, 6) is -0.124. The monoisotopic (exact) mass is 451 g/mol. The van der Waals surface area contributed by atoms with Crippen molar-refractivity contribution in [3.8, 4) is 0 Å². The molecule has 2 unspecified atom stereocenters. The number of carbonyl (C=O) groups is 4. The number of rotatable bonds is 7. The second-order valence-corrected chi connectivity index (χ2v) is 11.0. The third-order valence-electron chi connectivity index (χ3n) is 6.79. The number of hydrogen-bond donors (Lipinski definition) is 2. The van der Waals surface area contributed by atoms with Gasteiger partial charge in [0.05, 0.1) is 6.04 Å². The largest absolute Gasteiger partial charge is 0.459 e. The van der Waals surface area contributed by atoms with E-state index in [1.165, 1.54) is 0 Å². The molecular formula is C24H41N3O5. The minimum absolute atomic E-state index is 0.206. The predicted octanol–water partition coefficient (Wildman–Crippen LogP) is 3.04. The van der Waals surface area contributed by atoms with Crippen LogP contribution < -0.4 is 10.6 Å². The Morgan fingerprint density at radius 2 is 1.78 bits per heavy atom. The van der Waals surface area contributed by atoms with Crippen LogP contribution in [0.4, 0.5) is 4.79 Å². The van der Waals surface area contributed by atoms with Gasteiger partial charge in [-0.25, -0.2) is 4.79 Å². The molecule has 0 radical (unpaired) electrons. The summed E-state index contributed by atoms with van der Waals surface area (Å²) in [7, 11) is 0. The number of urea groups is 1. The van der Waals surface area contributed by atoms with Crippen molar-refractivity contribution in [2.24, 2.45) is 17.3 Å². The van der Waals surface area contributed by atoms with Gasteiger partial charge in [-0.3, -0.25) is 9.59 Å². The van der Waals surface area contributed by atoms with Gasteiger partial charge in [0, 0.05) is 6.54 Å². The molecule has 0 spiro atoms. The third-order valence-corrected chi connectivity index (χ3v) is 6.79. The maximum atomic E-state index is 13.7. The van der Waals surface area contributed by atoms with Gasteiger partial charge in [-0.1, -0.05) is 40.0 Å². The molecule has 1 aliphatic carbocycles. The fourth-order valence-corrected chi connectivity index (χ4v) is 4.83. The van der Waals surface area contributed by atoms with Crippen LogP contribution in [0, 0.1) is 17.3 Å². The molecule has 1 heterocycles. The molecule has 3 atom stereocenters. The smallest absolute Gasteiger partial charge is 0.325 e. The van der Waals surface area contributed by atoms with Crippen LogP contribution in [0.25, 0.3) is 0 Å². The molecule has 2 fully saturated rings. The summed E-state index contributed by atoms with van der Waals surface area (Å²) in [4.78, 5) is 51.7. The number of aldehydes is 1. The minimum atomic E-state index is -0.755. The van der Waals surface area contributed by atoms with Gasteiger partial charge in [-0.05, 0) is 57.3 Å². The van der Waals surface area contributed by atoms with Crippen molar-refractivity contribution in [3.63, 3.8) is 0 Å². The maximum absolute atomic E-state index is 13.7. The van der Waals surface area contributed by atoms with E-state index in [0.717, 1.165) is 38.4 Å². The number of esters is 1. The van der Waals surface area contributed by atoms with Gasteiger partial charge >= 0.3 is 12.0 Å². The van der Waals surface area contributed by atoms with Crippen LogP contribution in [0.1, 0.15) is 80.1 Å². The molecule has 8 heteroatoms. The van der Waals surface area contributed by atoms with Crippen LogP contribution in [-0.2, 0) is 19.1 Å². The lowest BCUT2D eigenvalue weighted by molar-refractivity contribution is -0.153. The van der Waals surface area contributed by atoms with Crippen LogP contribution in [0.5, 0.6) is 0 Å². The van der Waals surface area contributed by atoms with E-state index in [4.69, 9.17) is 4.74 Å². The highest BCUT2D eigenvalue weighted by molar-refractivity contribution is 5.90. The zero-order valence-corrected chi connectivity index (χ0v) is 20.5. The Hall–Kier alpha value is -2.12. The van der Waals surface area contributed by atoms with Crippen LogP contribution in [0.15, 0.2) is 0 Å². The van der Waals surface area contributed by atoms with Gasteiger partial charge in [0.1, 0.15) is 24.5 Å². The highest BCUT2D eigenvalue weighted by atomic mass is 16.6. The molecule has 2 N–H and O–H groups in total. The molecule has 2 rings (SSSR count). The molecule has 2 aliphatic rings. The van der Waals surface area contributed by atoms with Crippen molar-refractivity contribution in [1.29, 1.82) is 0 Å². The number of amides is 3. The Labute approximate surface area is 192 Å². The van der Waals surface area contributed by atoms with Crippen molar-refractivity contribution in [2.75, 3.05) is 13.1 Å². The number of nitrogens with zero attached hydrogens (tertiary/aromatic N) is 1. The molecule has 1 saturated heterocycles. The zero-order chi connectivity index (χ0) is 24.1. The van der Waals surface area contributed by atoms with Crippen molar-refractivity contribution in [1.82, 2.24) is 15.5 Å². The standard InChI is InChI=1S/C24H41N3O5/c1-16(2)17-12-18(15-28)27(14-17)21(30)20(24(6)10-8-7-9-11-24)26-22(31)25-13-19(29)32-23(3,4)5/h15-18,20H,7-14H2,1-6H3,(H2,25,26,31)/t17-,18?,20?/m1/s1. The fraction of sp³-hybridized carbons (Fsp3) is 0.833. The average Bonchev–Trinajstić information content (AvgIpc) is 3.14. The number of nitrogens with one attached hydrogen (secondary N) is 2. The summed E-state index contributed by atoms with van der Waals surface area (Å²) in [6.45, 7) is 11.7. The molecule has 1 aliphatic heterocycles. The van der Waals surface area contributed by atoms with Gasteiger partial charge in [0.15, 0.2) is 0 Å². The van der Waals surface area contributed by atoms with Crippen molar-refractivity contribution in [3.05, 3.63) is 0 Å². The van der Waals surface area contributed by atoms with Gasteiger partial charge in [0.25, 0.3) is 0 Å². The summed E-state index contributed by atoms with van der Waals surface area (Å²) < 4.78 is 5.23. The van der Waals surface area contributed by atoms with E-state index in [1.807, 2.05) is 6.92 Å². The highest BCUT2D eigenvalue weighted by Gasteiger charge is 2.46. The average molecular weight is 452 g/mol. The van der Waals surface area contributed by atoms with Crippen molar-refractivity contribution in [2.45, 2.75) is 97.8 Å². The number of hydrogen-bond acceptors (Lipinski definition) is 5. The van der Waals surface area contributed by atoms with Gasteiger partial charge in [-0.15, -0.1) is 0 Å². The molecule has 0 bridgehead atoms. The first kappa shape index (κ1) is 26.1. The summed E-state index contributed by atoms with van der Waals surface area (Å²) >= 11 is 0. The van der Waals surface area contributed by atoms with Gasteiger partial charge in [-0.2, -0.15) is 0 Å². The van der Waals surface area contributed by atoms with E-state index in [9.17, 15) is 19.2 Å². The van der Waals surface area contributed by atoms with E-state index in [0.29, 0.717) is 18.9 Å². The normalized spacial score (nSPS) is 24.0. The number of likely N-dealkylation sites (tertiary alicyclic amines) is 1. The molecule has 8 nitrogen and oxygen atoms in total. The van der Waals surface area contributed by atoms with Crippen LogP contribution in [0.2, 0.25) is 0 Å². The zero-order valence-electron chi connectivity index (χ0n) is 20.5. The summed E-state index contributed by atoms with van der Waals surface area (Å²) in [5.41, 5.74) is -1.04.